The number of carbonyl (C=O) groups is 1. The van der Waals surface area contributed by atoms with Crippen LogP contribution >= 0.6 is 0 Å². The number of esters is 1. The highest BCUT2D eigenvalue weighted by atomic mass is 16.5. The Morgan fingerprint density at radius 1 is 0.448 bits per heavy atom. The van der Waals surface area contributed by atoms with Crippen LogP contribution < -0.4 is 0 Å². The first-order valence-corrected chi connectivity index (χ1v) is 34.5. The molecule has 3 N–H and O–H groups in total. The zero-order chi connectivity index (χ0) is 60.6. The normalized spacial score (nSPS) is 24.5. The predicted molar refractivity (Wildman–Crippen MR) is 361 cm³/mol. The molecule has 0 unspecified atom stereocenters. The molecule has 3 aliphatic heterocycles. The van der Waals surface area contributed by atoms with Crippen molar-refractivity contribution in [3.8, 4) is 0 Å². The molecule has 3 saturated heterocycles. The van der Waals surface area contributed by atoms with Gasteiger partial charge in [0, 0.05) is 109 Å². The van der Waals surface area contributed by atoms with Gasteiger partial charge in [-0.15, -0.1) is 0 Å². The van der Waals surface area contributed by atoms with E-state index in [0.29, 0.717) is 24.7 Å². The Morgan fingerprint density at radius 2 is 0.805 bits per heavy atom. The summed E-state index contributed by atoms with van der Waals surface area (Å²) in [5, 5.41) is 33.4. The van der Waals surface area contributed by atoms with Gasteiger partial charge in [-0.2, -0.15) is 0 Å². The van der Waals surface area contributed by atoms with E-state index in [-0.39, 0.29) is 33.2 Å². The number of carbonyl (C=O) groups excluding carboxylic acids is 1. The Hall–Kier alpha value is -4.49. The summed E-state index contributed by atoms with van der Waals surface area (Å²) in [6.07, 6.45) is 23.6. The van der Waals surface area contributed by atoms with Gasteiger partial charge in [-0.3, -0.25) is 4.79 Å². The Morgan fingerprint density at radius 3 is 1.17 bits per heavy atom. The van der Waals surface area contributed by atoms with Crippen molar-refractivity contribution in [2.75, 3.05) is 39.3 Å². The number of piperidine rings is 3. The summed E-state index contributed by atoms with van der Waals surface area (Å²) in [5.74, 6) is 5.15. The highest BCUT2D eigenvalue weighted by molar-refractivity contribution is 5.86. The van der Waals surface area contributed by atoms with Crippen molar-refractivity contribution >= 4 is 38.7 Å². The molecule has 87 heavy (non-hydrogen) atoms. The minimum absolute atomic E-state index is 0. The summed E-state index contributed by atoms with van der Waals surface area (Å²) in [4.78, 5) is 20.6. The number of para-hydroxylation sites is 3. The molecular weight excluding hydrogens is 1080 g/mol. The van der Waals surface area contributed by atoms with Crippen LogP contribution in [0.5, 0.6) is 0 Å². The van der Waals surface area contributed by atoms with Crippen LogP contribution in [0.3, 0.4) is 0 Å². The Kier molecular flexibility index (Phi) is 23.5. The number of aliphatic hydroxyl groups excluding tert-OH is 3. The number of nitrogens with zero attached hydrogens (tertiary/aromatic N) is 6. The van der Waals surface area contributed by atoms with E-state index in [9.17, 15) is 20.1 Å². The van der Waals surface area contributed by atoms with E-state index in [0.717, 1.165) is 113 Å². The number of likely N-dealkylation sites (tertiary alicyclic amines) is 3. The Bertz CT molecular complexity index is 3060. The van der Waals surface area contributed by atoms with Crippen molar-refractivity contribution in [1.29, 1.82) is 0 Å². The molecule has 3 aliphatic carbocycles. The molecule has 11 nitrogen and oxygen atoms in total. The van der Waals surface area contributed by atoms with Crippen LogP contribution in [-0.2, 0) is 36.0 Å². The topological polar surface area (TPSA) is 112 Å². The number of aliphatic hydroxyl groups is 3. The Labute approximate surface area is 525 Å². The number of benzene rings is 3. The number of rotatable bonds is 14. The molecule has 6 aromatic rings. The summed E-state index contributed by atoms with van der Waals surface area (Å²) >= 11 is 0. The largest absolute Gasteiger partial charge is 0.459 e. The number of aromatic nitrogens is 3. The van der Waals surface area contributed by atoms with Crippen LogP contribution in [0.2, 0.25) is 0 Å². The van der Waals surface area contributed by atoms with Crippen molar-refractivity contribution in [1.82, 2.24) is 28.4 Å². The van der Waals surface area contributed by atoms with Crippen molar-refractivity contribution in [3.63, 3.8) is 0 Å². The van der Waals surface area contributed by atoms with Crippen molar-refractivity contribution in [2.24, 2.45) is 40.9 Å². The molecule has 0 spiro atoms. The quantitative estimate of drug-likeness (QED) is 0.0925. The standard InChI is InChI=1S/C28H42N2O2.C24H36N2O2.C23H34N2O.CH4/c1-20(2)21-10-12-23(13-11-21)29-16-14-24(15-17-29)30-25(19-32-27(31)28(3,4)5)18-22-8-6-7-9-26(22)30;1-17(2)18-7-9-19(10-8-18)25-13-11-20(12-14-25)26-23-6-4-3-5-21(23)22(15-27)24(26)16-28;1-17(2)18-7-9-20(10-8-18)24-13-11-21(12-14-24)25-22(16-26)15-19-5-3-4-6-23(19)25;/h6-9,18,20-21,23-24H,10-17,19H2,1-5H3;3-6,17-20,27-28H,7-16H2,1-2H3;3-6,15,17-18,20-21,26H,7-14,16H2,1-2H3;1H4. The van der Waals surface area contributed by atoms with Crippen LogP contribution in [0.15, 0.2) is 84.9 Å². The fraction of sp³-hybridized carbons (Fsp3) is 0.671. The lowest BCUT2D eigenvalue weighted by Gasteiger charge is -2.42. The lowest BCUT2D eigenvalue weighted by atomic mass is 9.79. The molecule has 3 aromatic heterocycles. The first kappa shape index (κ1) is 66.9. The van der Waals surface area contributed by atoms with Crippen LogP contribution in [0.1, 0.15) is 226 Å². The average molecular weight is 1190 g/mol. The molecule has 3 saturated carbocycles. The SMILES string of the molecule is C.CC(C)C1CCC(N2CCC(n3c(CO)c(CO)c4ccccc43)CC2)CC1.CC(C)C1CCC(N2CCC(n3c(CO)cc4ccccc43)CC2)CC1.CC(C)C1CCC(N2CCC(n3c(COC(=O)C(C)(C)C)cc4ccccc43)CC2)CC1. The fourth-order valence-corrected chi connectivity index (χ4v) is 17.0. The second kappa shape index (κ2) is 30.5. The summed E-state index contributed by atoms with van der Waals surface area (Å²) in [6, 6.07) is 33.6. The van der Waals surface area contributed by atoms with Crippen LogP contribution in [-0.4, -0.2) is 107 Å². The zero-order valence-electron chi connectivity index (χ0n) is 54.7. The smallest absolute Gasteiger partial charge is 0.311 e. The van der Waals surface area contributed by atoms with E-state index in [1.165, 1.54) is 151 Å². The molecule has 6 aliphatic rings. The summed E-state index contributed by atoms with van der Waals surface area (Å²) in [5.41, 5.74) is 7.23. The molecule has 0 radical (unpaired) electrons. The molecule has 0 amide bonds. The van der Waals surface area contributed by atoms with E-state index >= 15 is 0 Å². The third kappa shape index (κ3) is 15.6. The van der Waals surface area contributed by atoms with Gasteiger partial charge < -0.3 is 48.5 Å². The van der Waals surface area contributed by atoms with Crippen molar-refractivity contribution < 1.29 is 24.9 Å². The average Bonchev–Trinajstić information content (AvgIpc) is 1.85. The molecule has 0 bridgehead atoms. The molecule has 480 valence electrons. The fourth-order valence-electron chi connectivity index (χ4n) is 17.0. The third-order valence-electron chi connectivity index (χ3n) is 22.4. The Balaban J connectivity index is 0.000000156. The van der Waals surface area contributed by atoms with Gasteiger partial charge in [-0.25, -0.2) is 0 Å². The van der Waals surface area contributed by atoms with Gasteiger partial charge in [0.05, 0.1) is 36.6 Å². The van der Waals surface area contributed by atoms with Crippen LogP contribution in [0, 0.1) is 40.9 Å². The van der Waals surface area contributed by atoms with E-state index in [2.05, 4.69) is 149 Å². The first-order chi connectivity index (χ1) is 41.5. The van der Waals surface area contributed by atoms with E-state index < -0.39 is 5.41 Å². The minimum atomic E-state index is -0.475. The highest BCUT2D eigenvalue weighted by Gasteiger charge is 2.35. The van der Waals surface area contributed by atoms with Gasteiger partial charge in [0.1, 0.15) is 6.61 Å². The van der Waals surface area contributed by atoms with Gasteiger partial charge in [0.25, 0.3) is 0 Å². The first-order valence-electron chi connectivity index (χ1n) is 34.5. The number of ether oxygens (including phenoxy) is 1. The van der Waals surface area contributed by atoms with Gasteiger partial charge in [-0.05, 0) is 213 Å². The highest BCUT2D eigenvalue weighted by Crippen LogP contribution is 2.41. The van der Waals surface area contributed by atoms with E-state index in [1.54, 1.807) is 0 Å². The molecule has 11 heteroatoms. The second-order valence-electron chi connectivity index (χ2n) is 29.5. The van der Waals surface area contributed by atoms with Crippen LogP contribution in [0.25, 0.3) is 32.7 Å². The van der Waals surface area contributed by atoms with Crippen molar-refractivity contribution in [2.45, 2.75) is 248 Å². The predicted octanol–water partition coefficient (Wildman–Crippen LogP) is 16.7. The number of hydrogen-bond donors (Lipinski definition) is 3. The van der Waals surface area contributed by atoms with Gasteiger partial charge in [0.2, 0.25) is 0 Å². The summed E-state index contributed by atoms with van der Waals surface area (Å²) in [7, 11) is 0. The molecule has 12 rings (SSSR count). The number of fused-ring (bicyclic) bond motifs is 3. The molecule has 3 aromatic carbocycles. The van der Waals surface area contributed by atoms with Gasteiger partial charge in [0.15, 0.2) is 0 Å². The second-order valence-corrected chi connectivity index (χ2v) is 29.5. The lowest BCUT2D eigenvalue weighted by molar-refractivity contribution is -0.154. The van der Waals surface area contributed by atoms with E-state index in [1.807, 2.05) is 26.8 Å². The van der Waals surface area contributed by atoms with Crippen molar-refractivity contribution in [3.05, 3.63) is 108 Å². The lowest BCUT2D eigenvalue weighted by Crippen LogP contribution is -2.44. The van der Waals surface area contributed by atoms with E-state index in [4.69, 9.17) is 4.74 Å². The molecule has 6 fully saturated rings. The molecule has 0 atom stereocenters. The molecular formula is C76H116N6O5. The van der Waals surface area contributed by atoms with Gasteiger partial charge in [-0.1, -0.05) is 104 Å². The third-order valence-corrected chi connectivity index (χ3v) is 22.4. The summed E-state index contributed by atoms with van der Waals surface area (Å²) < 4.78 is 12.9. The maximum absolute atomic E-state index is 12.4. The monoisotopic (exact) mass is 1190 g/mol. The minimum Gasteiger partial charge on any atom is -0.459 e. The van der Waals surface area contributed by atoms with Gasteiger partial charge >= 0.3 is 5.97 Å². The molecule has 6 heterocycles. The maximum atomic E-state index is 12.4. The number of hydrogen-bond acceptors (Lipinski definition) is 8. The maximum Gasteiger partial charge on any atom is 0.311 e. The zero-order valence-corrected chi connectivity index (χ0v) is 54.7. The summed E-state index contributed by atoms with van der Waals surface area (Å²) in [6.45, 7) is 27.5. The van der Waals surface area contributed by atoms with Crippen LogP contribution in [0.4, 0.5) is 0 Å².